The second-order valence-corrected chi connectivity index (χ2v) is 9.29. The Morgan fingerprint density at radius 2 is 1.71 bits per heavy atom. The van der Waals surface area contributed by atoms with Crippen molar-refractivity contribution in [3.8, 4) is 11.1 Å². The molecule has 0 bridgehead atoms. The van der Waals surface area contributed by atoms with Gasteiger partial charge < -0.3 is 24.8 Å². The van der Waals surface area contributed by atoms with Gasteiger partial charge in [-0.05, 0) is 41.5 Å². The molecule has 2 aliphatic rings. The number of rotatable bonds is 10. The van der Waals surface area contributed by atoms with Gasteiger partial charge in [0.05, 0.1) is 6.61 Å². The van der Waals surface area contributed by atoms with Crippen LogP contribution in [0.25, 0.3) is 11.1 Å². The maximum Gasteiger partial charge on any atom is 0.407 e. The fraction of sp³-hybridized carbons (Fsp3) is 0.444. The molecule has 1 atom stereocenters. The SMILES string of the molecule is COCC1(C(=O)O)CCN(C(=O)CCCCNC(=O)OCC2c3ccccc3-c3ccccc32)C1. The molecule has 8 heteroatoms. The number of nitrogens with one attached hydrogen (secondary N) is 1. The van der Waals surface area contributed by atoms with Gasteiger partial charge in [-0.25, -0.2) is 4.79 Å². The Kier molecular flexibility index (Phi) is 7.70. The predicted octanol–water partition coefficient (Wildman–Crippen LogP) is 3.65. The van der Waals surface area contributed by atoms with Crippen molar-refractivity contribution in [2.75, 3.05) is 40.0 Å². The van der Waals surface area contributed by atoms with E-state index in [4.69, 9.17) is 9.47 Å². The first-order valence-electron chi connectivity index (χ1n) is 12.0. The maximum atomic E-state index is 12.5. The van der Waals surface area contributed by atoms with Gasteiger partial charge in [-0.15, -0.1) is 0 Å². The Hall–Kier alpha value is -3.39. The number of methoxy groups -OCH3 is 1. The fourth-order valence-electron chi connectivity index (χ4n) is 5.11. The number of carboxylic acids is 1. The van der Waals surface area contributed by atoms with Crippen LogP contribution < -0.4 is 5.32 Å². The van der Waals surface area contributed by atoms with Gasteiger partial charge in [-0.3, -0.25) is 9.59 Å². The average Bonchev–Trinajstić information content (AvgIpc) is 3.43. The van der Waals surface area contributed by atoms with Crippen molar-refractivity contribution >= 4 is 18.0 Å². The number of benzene rings is 2. The third kappa shape index (κ3) is 5.32. The number of alkyl carbamates (subject to hydrolysis) is 1. The molecule has 0 radical (unpaired) electrons. The lowest BCUT2D eigenvalue weighted by molar-refractivity contribution is -0.151. The highest BCUT2D eigenvalue weighted by Crippen LogP contribution is 2.44. The highest BCUT2D eigenvalue weighted by atomic mass is 16.5. The number of nitrogens with zero attached hydrogens (tertiary/aromatic N) is 1. The summed E-state index contributed by atoms with van der Waals surface area (Å²) in [7, 11) is 1.47. The van der Waals surface area contributed by atoms with Gasteiger partial charge in [0.1, 0.15) is 12.0 Å². The van der Waals surface area contributed by atoms with E-state index in [0.717, 1.165) is 0 Å². The van der Waals surface area contributed by atoms with Crippen molar-refractivity contribution in [3.05, 3.63) is 59.7 Å². The summed E-state index contributed by atoms with van der Waals surface area (Å²) in [6.45, 7) is 1.36. The van der Waals surface area contributed by atoms with Crippen LogP contribution in [0.5, 0.6) is 0 Å². The topological polar surface area (TPSA) is 105 Å². The number of hydrogen-bond acceptors (Lipinski definition) is 5. The number of unbranched alkanes of at least 4 members (excludes halogenated alkanes) is 1. The Morgan fingerprint density at radius 1 is 1.06 bits per heavy atom. The van der Waals surface area contributed by atoms with Crippen LogP contribution in [-0.4, -0.2) is 67.9 Å². The van der Waals surface area contributed by atoms with E-state index in [0.29, 0.717) is 38.8 Å². The maximum absolute atomic E-state index is 12.5. The third-order valence-electron chi connectivity index (χ3n) is 7.01. The molecule has 35 heavy (non-hydrogen) atoms. The Bertz CT molecular complexity index is 1040. The van der Waals surface area contributed by atoms with Crippen LogP contribution in [-0.2, 0) is 19.1 Å². The highest BCUT2D eigenvalue weighted by molar-refractivity contribution is 5.81. The summed E-state index contributed by atoms with van der Waals surface area (Å²) in [4.78, 5) is 38.0. The average molecular weight is 481 g/mol. The van der Waals surface area contributed by atoms with Gasteiger partial charge in [0, 0.05) is 39.1 Å². The zero-order chi connectivity index (χ0) is 24.8. The second kappa shape index (κ2) is 10.9. The summed E-state index contributed by atoms with van der Waals surface area (Å²) in [5.74, 6) is -0.977. The van der Waals surface area contributed by atoms with Gasteiger partial charge in [-0.2, -0.15) is 0 Å². The first-order chi connectivity index (χ1) is 16.9. The molecule has 1 saturated heterocycles. The van der Waals surface area contributed by atoms with E-state index in [-0.39, 0.29) is 31.6 Å². The van der Waals surface area contributed by atoms with E-state index in [1.165, 1.54) is 29.4 Å². The van der Waals surface area contributed by atoms with Crippen LogP contribution in [0.4, 0.5) is 4.79 Å². The zero-order valence-electron chi connectivity index (χ0n) is 20.0. The lowest BCUT2D eigenvalue weighted by Gasteiger charge is -2.23. The molecule has 2 aromatic rings. The van der Waals surface area contributed by atoms with Crippen molar-refractivity contribution < 1.29 is 29.0 Å². The largest absolute Gasteiger partial charge is 0.481 e. The van der Waals surface area contributed by atoms with Crippen LogP contribution >= 0.6 is 0 Å². The van der Waals surface area contributed by atoms with E-state index in [1.807, 2.05) is 24.3 Å². The molecule has 1 aliphatic heterocycles. The van der Waals surface area contributed by atoms with Gasteiger partial charge in [-0.1, -0.05) is 48.5 Å². The van der Waals surface area contributed by atoms with E-state index in [1.54, 1.807) is 4.90 Å². The summed E-state index contributed by atoms with van der Waals surface area (Å²) in [6, 6.07) is 16.4. The number of likely N-dealkylation sites (tertiary alicyclic amines) is 1. The molecule has 0 spiro atoms. The Balaban J connectivity index is 1.17. The molecule has 4 rings (SSSR count). The molecule has 2 amide bonds. The summed E-state index contributed by atoms with van der Waals surface area (Å²) >= 11 is 0. The predicted molar refractivity (Wildman–Crippen MR) is 130 cm³/mol. The standard InChI is InChI=1S/C27H32N2O6/c1-34-18-27(25(31)32)13-15-29(17-27)24(30)12-6-7-14-28-26(33)35-16-23-21-10-4-2-8-19(21)20-9-3-5-11-22(20)23/h2-5,8-11,23H,6-7,12-18H2,1H3,(H,28,33)(H,31,32). The van der Waals surface area contributed by atoms with E-state index in [9.17, 15) is 19.5 Å². The number of hydrogen-bond donors (Lipinski definition) is 2. The molecule has 8 nitrogen and oxygen atoms in total. The molecule has 2 N–H and O–H groups in total. The van der Waals surface area contributed by atoms with Crippen molar-refractivity contribution in [1.82, 2.24) is 10.2 Å². The quantitative estimate of drug-likeness (QED) is 0.503. The summed E-state index contributed by atoms with van der Waals surface area (Å²) in [5.41, 5.74) is 3.68. The number of carbonyl (C=O) groups excluding carboxylic acids is 2. The van der Waals surface area contributed by atoms with Gasteiger partial charge in [0.25, 0.3) is 0 Å². The Morgan fingerprint density at radius 3 is 2.34 bits per heavy atom. The van der Waals surface area contributed by atoms with Gasteiger partial charge >= 0.3 is 12.1 Å². The summed E-state index contributed by atoms with van der Waals surface area (Å²) < 4.78 is 10.6. The van der Waals surface area contributed by atoms with E-state index in [2.05, 4.69) is 29.6 Å². The molecule has 1 fully saturated rings. The van der Waals surface area contributed by atoms with Crippen LogP contribution in [0.15, 0.2) is 48.5 Å². The number of ether oxygens (including phenoxy) is 2. The highest BCUT2D eigenvalue weighted by Gasteiger charge is 2.46. The molecular weight excluding hydrogens is 448 g/mol. The second-order valence-electron chi connectivity index (χ2n) is 9.29. The number of carboxylic acid groups (broad SMARTS) is 1. The number of fused-ring (bicyclic) bond motifs is 3. The number of amides is 2. The first kappa shape index (κ1) is 24.7. The molecule has 0 aromatic heterocycles. The molecule has 1 aliphatic carbocycles. The Labute approximate surface area is 205 Å². The smallest absolute Gasteiger partial charge is 0.407 e. The lowest BCUT2D eigenvalue weighted by atomic mass is 9.88. The van der Waals surface area contributed by atoms with Crippen LogP contribution in [0.3, 0.4) is 0 Å². The monoisotopic (exact) mass is 480 g/mol. The minimum absolute atomic E-state index is 0.0160. The number of aliphatic carboxylic acids is 1. The van der Waals surface area contributed by atoms with Crippen LogP contribution in [0.1, 0.15) is 42.7 Å². The van der Waals surface area contributed by atoms with E-state index >= 15 is 0 Å². The summed E-state index contributed by atoms with van der Waals surface area (Å²) in [6.07, 6.45) is 1.47. The van der Waals surface area contributed by atoms with Crippen molar-refractivity contribution in [1.29, 1.82) is 0 Å². The van der Waals surface area contributed by atoms with E-state index < -0.39 is 17.5 Å². The molecule has 1 unspecified atom stereocenters. The minimum atomic E-state index is -1.02. The molecule has 1 heterocycles. The summed E-state index contributed by atoms with van der Waals surface area (Å²) in [5, 5.41) is 12.3. The fourth-order valence-corrected chi connectivity index (χ4v) is 5.11. The molecule has 186 valence electrons. The normalized spacial score (nSPS) is 18.7. The first-order valence-corrected chi connectivity index (χ1v) is 12.0. The lowest BCUT2D eigenvalue weighted by Crippen LogP contribution is -2.40. The molecular formula is C27H32N2O6. The van der Waals surface area contributed by atoms with Crippen molar-refractivity contribution in [3.63, 3.8) is 0 Å². The van der Waals surface area contributed by atoms with Gasteiger partial charge in [0.2, 0.25) is 5.91 Å². The number of carbonyl (C=O) groups is 3. The third-order valence-corrected chi connectivity index (χ3v) is 7.01. The zero-order valence-corrected chi connectivity index (χ0v) is 20.0. The minimum Gasteiger partial charge on any atom is -0.481 e. The molecule has 2 aromatic carbocycles. The van der Waals surface area contributed by atoms with Crippen LogP contribution in [0.2, 0.25) is 0 Å². The van der Waals surface area contributed by atoms with Crippen LogP contribution in [0, 0.1) is 5.41 Å². The van der Waals surface area contributed by atoms with Crippen molar-refractivity contribution in [2.45, 2.75) is 31.6 Å². The molecule has 0 saturated carbocycles. The van der Waals surface area contributed by atoms with Gasteiger partial charge in [0.15, 0.2) is 0 Å². The van der Waals surface area contributed by atoms with Crippen molar-refractivity contribution in [2.24, 2.45) is 5.41 Å².